The summed E-state index contributed by atoms with van der Waals surface area (Å²) < 4.78 is 40.6. The summed E-state index contributed by atoms with van der Waals surface area (Å²) in [6.07, 6.45) is -4.76. The van der Waals surface area contributed by atoms with Crippen molar-refractivity contribution in [3.05, 3.63) is 61.9 Å². The molecule has 31 heavy (non-hydrogen) atoms. The van der Waals surface area contributed by atoms with Crippen LogP contribution in [0.4, 0.5) is 18.9 Å². The van der Waals surface area contributed by atoms with Crippen molar-refractivity contribution in [2.24, 2.45) is 0 Å². The topological polar surface area (TPSA) is 65.8 Å². The lowest BCUT2D eigenvalue weighted by molar-refractivity contribution is -0.138. The Kier molecular flexibility index (Phi) is 7.39. The molecule has 160 valence electrons. The second-order valence-corrected chi connectivity index (χ2v) is 9.07. The van der Waals surface area contributed by atoms with Gasteiger partial charge in [-0.3, -0.25) is 4.79 Å². The van der Waals surface area contributed by atoms with Crippen molar-refractivity contribution in [2.45, 2.75) is 11.2 Å². The number of nitrogens with zero attached hydrogens (tertiary/aromatic N) is 2. The van der Waals surface area contributed by atoms with Gasteiger partial charge in [0, 0.05) is 5.02 Å². The van der Waals surface area contributed by atoms with E-state index in [9.17, 15) is 23.2 Å². The van der Waals surface area contributed by atoms with Gasteiger partial charge in [-0.15, -0.1) is 11.3 Å². The molecular weight excluding hydrogens is 514 g/mol. The average Bonchev–Trinajstić information content (AvgIpc) is 3.22. The molecule has 0 fully saturated rings. The Hall–Kier alpha value is -1.96. The number of nitriles is 1. The number of carbonyl (C=O) groups excluding carboxylic acids is 1. The lowest BCUT2D eigenvalue weighted by Gasteiger charge is -2.14. The van der Waals surface area contributed by atoms with Crippen LogP contribution in [-0.2, 0) is 11.0 Å². The molecule has 1 N–H and O–H groups in total. The third-order valence-corrected chi connectivity index (χ3v) is 6.47. The number of anilines is 1. The van der Waals surface area contributed by atoms with Gasteiger partial charge < -0.3 is 5.32 Å². The number of thiophene rings is 1. The van der Waals surface area contributed by atoms with E-state index in [-0.39, 0.29) is 37.2 Å². The Morgan fingerprint density at radius 2 is 1.90 bits per heavy atom. The summed E-state index contributed by atoms with van der Waals surface area (Å²) in [6.45, 7) is 0. The molecule has 0 bridgehead atoms. The van der Waals surface area contributed by atoms with E-state index in [2.05, 4.69) is 10.3 Å². The number of thioether (sulfide) groups is 1. The van der Waals surface area contributed by atoms with Crippen LogP contribution < -0.4 is 5.32 Å². The van der Waals surface area contributed by atoms with Crippen LogP contribution in [0.3, 0.4) is 0 Å². The van der Waals surface area contributed by atoms with E-state index < -0.39 is 23.2 Å². The zero-order valence-corrected chi connectivity index (χ0v) is 19.0. The van der Waals surface area contributed by atoms with Gasteiger partial charge in [0.05, 0.1) is 43.2 Å². The van der Waals surface area contributed by atoms with Gasteiger partial charge in [-0.2, -0.15) is 18.4 Å². The molecule has 0 aliphatic carbocycles. The molecule has 0 unspecified atom stereocenters. The van der Waals surface area contributed by atoms with Gasteiger partial charge in [0.1, 0.15) is 11.1 Å². The molecule has 0 aliphatic rings. The van der Waals surface area contributed by atoms with Crippen LogP contribution in [0.25, 0.3) is 10.6 Å². The third-order valence-electron chi connectivity index (χ3n) is 3.79. The van der Waals surface area contributed by atoms with Crippen LogP contribution in [0.1, 0.15) is 11.1 Å². The maximum absolute atomic E-state index is 13.5. The molecule has 3 rings (SSSR count). The van der Waals surface area contributed by atoms with Crippen molar-refractivity contribution in [1.82, 2.24) is 4.98 Å². The maximum atomic E-state index is 13.5. The molecule has 12 heteroatoms. The number of pyridine rings is 1. The first-order chi connectivity index (χ1) is 14.6. The molecule has 0 saturated carbocycles. The standard InChI is InChI=1S/C19H9Cl3F3N3OS2/c20-9-4-12(21)17(13(22)5-9)28-16(29)8-31-18-10(7-26)11(19(23,24)25)6-14(27-18)15-2-1-3-30-15/h1-6H,8H2,(H,28,29). The van der Waals surface area contributed by atoms with Gasteiger partial charge in [0.2, 0.25) is 5.91 Å². The fraction of sp³-hybridized carbons (Fsp3) is 0.105. The van der Waals surface area contributed by atoms with Crippen molar-refractivity contribution in [2.75, 3.05) is 11.1 Å². The molecule has 1 amide bonds. The summed E-state index contributed by atoms with van der Waals surface area (Å²) in [6, 6.07) is 8.44. The van der Waals surface area contributed by atoms with E-state index in [4.69, 9.17) is 34.8 Å². The first kappa shape index (κ1) is 23.7. The quantitative estimate of drug-likeness (QED) is 0.355. The lowest BCUT2D eigenvalue weighted by atomic mass is 10.1. The highest BCUT2D eigenvalue weighted by atomic mass is 35.5. The second-order valence-electron chi connectivity index (χ2n) is 5.90. The van der Waals surface area contributed by atoms with Crippen LogP contribution in [0.2, 0.25) is 15.1 Å². The highest BCUT2D eigenvalue weighted by Gasteiger charge is 2.36. The number of rotatable bonds is 5. The number of amides is 1. The Morgan fingerprint density at radius 3 is 2.45 bits per heavy atom. The predicted octanol–water partition coefficient (Wildman–Crippen LogP) is 7.39. The van der Waals surface area contributed by atoms with Crippen molar-refractivity contribution < 1.29 is 18.0 Å². The normalized spacial score (nSPS) is 11.3. The Morgan fingerprint density at radius 1 is 1.23 bits per heavy atom. The summed E-state index contributed by atoms with van der Waals surface area (Å²) >= 11 is 19.8. The minimum absolute atomic E-state index is 0.0630. The van der Waals surface area contributed by atoms with Crippen LogP contribution >= 0.6 is 57.9 Å². The van der Waals surface area contributed by atoms with Gasteiger partial charge >= 0.3 is 6.18 Å². The fourth-order valence-electron chi connectivity index (χ4n) is 2.48. The molecule has 2 aromatic heterocycles. The summed E-state index contributed by atoms with van der Waals surface area (Å²) in [4.78, 5) is 17.0. The molecule has 1 aromatic carbocycles. The lowest BCUT2D eigenvalue weighted by Crippen LogP contribution is -2.16. The van der Waals surface area contributed by atoms with Crippen LogP contribution in [0, 0.1) is 11.3 Å². The van der Waals surface area contributed by atoms with E-state index >= 15 is 0 Å². The SMILES string of the molecule is N#Cc1c(C(F)(F)F)cc(-c2cccs2)nc1SCC(=O)Nc1c(Cl)cc(Cl)cc1Cl. The van der Waals surface area contributed by atoms with Gasteiger partial charge in [-0.25, -0.2) is 4.98 Å². The number of halogens is 6. The van der Waals surface area contributed by atoms with Gasteiger partial charge in [0.25, 0.3) is 0 Å². The summed E-state index contributed by atoms with van der Waals surface area (Å²) in [7, 11) is 0. The fourth-order valence-corrected chi connectivity index (χ4v) is 4.88. The maximum Gasteiger partial charge on any atom is 0.417 e. The molecule has 0 saturated heterocycles. The highest BCUT2D eigenvalue weighted by Crippen LogP contribution is 2.39. The van der Waals surface area contributed by atoms with Crippen LogP contribution in [0.5, 0.6) is 0 Å². The number of aromatic nitrogens is 1. The minimum Gasteiger partial charge on any atom is -0.323 e. The van der Waals surface area contributed by atoms with Crippen LogP contribution in [0.15, 0.2) is 40.7 Å². The minimum atomic E-state index is -4.76. The zero-order valence-electron chi connectivity index (χ0n) is 15.1. The first-order valence-corrected chi connectivity index (χ1v) is 11.2. The number of carbonyl (C=O) groups is 1. The smallest absolute Gasteiger partial charge is 0.323 e. The van der Waals surface area contributed by atoms with E-state index in [0.717, 1.165) is 6.07 Å². The summed E-state index contributed by atoms with van der Waals surface area (Å²) in [5, 5.41) is 13.8. The molecule has 3 aromatic rings. The van der Waals surface area contributed by atoms with E-state index in [1.165, 1.54) is 23.5 Å². The molecule has 0 radical (unpaired) electrons. The highest BCUT2D eigenvalue weighted by molar-refractivity contribution is 8.00. The first-order valence-electron chi connectivity index (χ1n) is 8.23. The van der Waals surface area contributed by atoms with Crippen molar-refractivity contribution in [3.8, 4) is 16.6 Å². The molecule has 0 atom stereocenters. The van der Waals surface area contributed by atoms with Crippen molar-refractivity contribution in [3.63, 3.8) is 0 Å². The third kappa shape index (κ3) is 5.64. The number of alkyl halides is 3. The molecule has 4 nitrogen and oxygen atoms in total. The molecular formula is C19H9Cl3F3N3OS2. The Bertz CT molecular complexity index is 1160. The molecule has 0 aliphatic heterocycles. The number of benzene rings is 1. The summed E-state index contributed by atoms with van der Waals surface area (Å²) in [5.41, 5.74) is -1.57. The van der Waals surface area contributed by atoms with Crippen molar-refractivity contribution >= 4 is 69.5 Å². The number of hydrogen-bond acceptors (Lipinski definition) is 5. The average molecular weight is 523 g/mol. The predicted molar refractivity (Wildman–Crippen MR) is 118 cm³/mol. The monoisotopic (exact) mass is 521 g/mol. The zero-order chi connectivity index (χ0) is 22.8. The largest absolute Gasteiger partial charge is 0.417 e. The molecule has 2 heterocycles. The van der Waals surface area contributed by atoms with Gasteiger partial charge in [-0.1, -0.05) is 52.6 Å². The second kappa shape index (κ2) is 9.67. The number of nitrogens with one attached hydrogen (secondary N) is 1. The van der Waals surface area contributed by atoms with Crippen LogP contribution in [-0.4, -0.2) is 16.6 Å². The Labute approximate surface area is 197 Å². The number of hydrogen-bond donors (Lipinski definition) is 1. The van der Waals surface area contributed by atoms with E-state index in [0.29, 0.717) is 16.6 Å². The van der Waals surface area contributed by atoms with E-state index in [1.54, 1.807) is 23.6 Å². The van der Waals surface area contributed by atoms with E-state index in [1.807, 2.05) is 0 Å². The van der Waals surface area contributed by atoms with Crippen molar-refractivity contribution in [1.29, 1.82) is 5.26 Å². The van der Waals surface area contributed by atoms with Gasteiger partial charge in [0.15, 0.2) is 0 Å². The summed E-state index contributed by atoms with van der Waals surface area (Å²) in [5.74, 6) is -0.931. The van der Waals surface area contributed by atoms with Gasteiger partial charge in [-0.05, 0) is 29.6 Å². The molecule has 0 spiro atoms. The Balaban J connectivity index is 1.89.